The second-order valence-electron chi connectivity index (χ2n) is 4.34. The van der Waals surface area contributed by atoms with Crippen molar-refractivity contribution < 1.29 is 13.3 Å². The zero-order chi connectivity index (χ0) is 15.5. The summed E-state index contributed by atoms with van der Waals surface area (Å²) in [5.74, 6) is 0. The summed E-state index contributed by atoms with van der Waals surface area (Å²) in [6.45, 7) is 0.428. The first-order valence-electron chi connectivity index (χ1n) is 5.98. The molecule has 1 N–H and O–H groups in total. The quantitative estimate of drug-likeness (QED) is 0.644. The molecule has 0 saturated carbocycles. The summed E-state index contributed by atoms with van der Waals surface area (Å²) in [5.41, 5.74) is 2.37. The molecule has 0 amide bonds. The molecule has 2 aromatic rings. The number of nitro benzene ring substituents is 1. The lowest BCUT2D eigenvalue weighted by molar-refractivity contribution is -0.386. The number of nitro groups is 1. The number of rotatable bonds is 6. The van der Waals surface area contributed by atoms with Crippen molar-refractivity contribution >= 4 is 32.5 Å². The number of thiazole rings is 1. The monoisotopic (exact) mass is 327 g/mol. The van der Waals surface area contributed by atoms with Gasteiger partial charge in [0.1, 0.15) is 10.6 Å². The van der Waals surface area contributed by atoms with Crippen molar-refractivity contribution in [3.8, 4) is 0 Å². The van der Waals surface area contributed by atoms with Gasteiger partial charge in [-0.1, -0.05) is 6.07 Å². The Balaban J connectivity index is 2.24. The molecule has 0 radical (unpaired) electrons. The van der Waals surface area contributed by atoms with Crippen molar-refractivity contribution in [3.63, 3.8) is 0 Å². The van der Waals surface area contributed by atoms with Crippen molar-refractivity contribution in [2.45, 2.75) is 11.3 Å². The molecule has 0 bridgehead atoms. The molecule has 0 saturated heterocycles. The molecule has 21 heavy (non-hydrogen) atoms. The van der Waals surface area contributed by atoms with Crippen LogP contribution >= 0.6 is 11.3 Å². The summed E-state index contributed by atoms with van der Waals surface area (Å²) in [6.07, 6.45) is 1.55. The molecular formula is C12H13N3O4S2. The third-order valence-corrected chi connectivity index (χ3v) is 4.52. The molecule has 1 aromatic carbocycles. The average Bonchev–Trinajstić information content (AvgIpc) is 2.90. The normalized spacial score (nSPS) is 11.3. The van der Waals surface area contributed by atoms with Gasteiger partial charge in [-0.15, -0.1) is 11.3 Å². The highest BCUT2D eigenvalue weighted by Gasteiger charge is 2.25. The van der Waals surface area contributed by atoms with Crippen LogP contribution in [0.3, 0.4) is 0 Å². The summed E-state index contributed by atoms with van der Waals surface area (Å²) in [4.78, 5) is 14.3. The van der Waals surface area contributed by atoms with E-state index in [1.807, 2.05) is 5.38 Å². The molecule has 0 spiro atoms. The Hall–Kier alpha value is -2.00. The van der Waals surface area contributed by atoms with E-state index in [4.69, 9.17) is 0 Å². The predicted molar refractivity (Wildman–Crippen MR) is 80.5 cm³/mol. The molecule has 9 heteroatoms. The maximum absolute atomic E-state index is 11.6. The minimum atomic E-state index is -3.66. The van der Waals surface area contributed by atoms with E-state index in [1.54, 1.807) is 5.51 Å². The van der Waals surface area contributed by atoms with Crippen LogP contribution in [-0.4, -0.2) is 31.1 Å². The summed E-state index contributed by atoms with van der Waals surface area (Å²) >= 11 is 1.47. The maximum atomic E-state index is 11.6. The highest BCUT2D eigenvalue weighted by molar-refractivity contribution is 7.90. The number of para-hydroxylation sites is 1. The van der Waals surface area contributed by atoms with E-state index in [0.717, 1.165) is 11.9 Å². The fraction of sp³-hybridized carbons (Fsp3) is 0.250. The second-order valence-corrected chi connectivity index (χ2v) is 7.04. The van der Waals surface area contributed by atoms with Gasteiger partial charge in [-0.2, -0.15) is 0 Å². The lowest BCUT2D eigenvalue weighted by Gasteiger charge is -2.08. The molecule has 1 aromatic heterocycles. The van der Waals surface area contributed by atoms with Crippen molar-refractivity contribution in [1.29, 1.82) is 0 Å². The fourth-order valence-corrected chi connectivity index (χ4v) is 3.29. The highest BCUT2D eigenvalue weighted by atomic mass is 32.2. The lowest BCUT2D eigenvalue weighted by Crippen LogP contribution is -2.10. The topological polar surface area (TPSA) is 102 Å². The van der Waals surface area contributed by atoms with Crippen LogP contribution in [0.15, 0.2) is 34.0 Å². The SMILES string of the molecule is CS(=O)(=O)c1cccc(NCCc2cscn2)c1[N+](=O)[O-]. The van der Waals surface area contributed by atoms with Crippen LogP contribution in [-0.2, 0) is 16.3 Å². The predicted octanol–water partition coefficient (Wildman–Crippen LogP) is 2.11. The van der Waals surface area contributed by atoms with Crippen molar-refractivity contribution in [1.82, 2.24) is 4.98 Å². The Labute approximate surface area is 125 Å². The molecule has 0 atom stereocenters. The van der Waals surface area contributed by atoms with Crippen LogP contribution in [0.25, 0.3) is 0 Å². The van der Waals surface area contributed by atoms with Crippen molar-refractivity contribution in [2.75, 3.05) is 18.1 Å². The minimum Gasteiger partial charge on any atom is -0.379 e. The van der Waals surface area contributed by atoms with Gasteiger partial charge in [0.2, 0.25) is 0 Å². The average molecular weight is 327 g/mol. The number of nitrogens with one attached hydrogen (secondary N) is 1. The van der Waals surface area contributed by atoms with Crippen LogP contribution in [0.2, 0.25) is 0 Å². The highest BCUT2D eigenvalue weighted by Crippen LogP contribution is 2.31. The first-order valence-corrected chi connectivity index (χ1v) is 8.81. The van der Waals surface area contributed by atoms with E-state index < -0.39 is 20.4 Å². The number of hydrogen-bond donors (Lipinski definition) is 1. The van der Waals surface area contributed by atoms with Crippen molar-refractivity contribution in [2.24, 2.45) is 0 Å². The number of nitrogens with zero attached hydrogens (tertiary/aromatic N) is 2. The number of hydrogen-bond acceptors (Lipinski definition) is 7. The molecule has 0 fully saturated rings. The molecule has 0 aliphatic heterocycles. The Morgan fingerprint density at radius 3 is 2.76 bits per heavy atom. The Kier molecular flexibility index (Phi) is 4.53. The Bertz CT molecular complexity index is 742. The molecule has 0 aliphatic rings. The van der Waals surface area contributed by atoms with Crippen molar-refractivity contribution in [3.05, 3.63) is 44.9 Å². The summed E-state index contributed by atoms with van der Waals surface area (Å²) in [6, 6.07) is 4.21. The van der Waals surface area contributed by atoms with Gasteiger partial charge in [-0.3, -0.25) is 10.1 Å². The van der Waals surface area contributed by atoms with Crippen LogP contribution in [0.5, 0.6) is 0 Å². The van der Waals surface area contributed by atoms with Gasteiger partial charge in [-0.25, -0.2) is 13.4 Å². The summed E-state index contributed by atoms with van der Waals surface area (Å²) < 4.78 is 23.3. The number of aromatic nitrogens is 1. The third kappa shape index (κ3) is 3.76. The summed E-state index contributed by atoms with van der Waals surface area (Å²) in [5, 5.41) is 16.0. The van der Waals surface area contributed by atoms with Gasteiger partial charge in [0.15, 0.2) is 9.84 Å². The number of sulfone groups is 1. The van der Waals surface area contributed by atoms with E-state index >= 15 is 0 Å². The fourth-order valence-electron chi connectivity index (χ4n) is 1.84. The number of anilines is 1. The molecular weight excluding hydrogens is 314 g/mol. The van der Waals surface area contributed by atoms with Gasteiger partial charge < -0.3 is 5.32 Å². The molecule has 0 unspecified atom stereocenters. The van der Waals surface area contributed by atoms with Crippen LogP contribution < -0.4 is 5.32 Å². The minimum absolute atomic E-state index is 0.193. The van der Waals surface area contributed by atoms with Gasteiger partial charge >= 0.3 is 5.69 Å². The molecule has 2 rings (SSSR count). The molecule has 112 valence electrons. The van der Waals surface area contributed by atoms with E-state index in [2.05, 4.69) is 10.3 Å². The molecule has 7 nitrogen and oxygen atoms in total. The lowest BCUT2D eigenvalue weighted by atomic mass is 10.2. The van der Waals surface area contributed by atoms with Crippen LogP contribution in [0, 0.1) is 10.1 Å². The largest absolute Gasteiger partial charge is 0.379 e. The maximum Gasteiger partial charge on any atom is 0.310 e. The number of benzene rings is 1. The van der Waals surface area contributed by atoms with E-state index in [9.17, 15) is 18.5 Å². The van der Waals surface area contributed by atoms with Gasteiger partial charge in [-0.05, 0) is 12.1 Å². The standard InChI is InChI=1S/C12H13N3O4S2/c1-21(18,19)11-4-2-3-10(12(11)15(16)17)13-6-5-9-7-20-8-14-9/h2-4,7-8,13H,5-6H2,1H3. The van der Waals surface area contributed by atoms with E-state index in [0.29, 0.717) is 13.0 Å². The van der Waals surface area contributed by atoms with E-state index in [-0.39, 0.29) is 10.6 Å². The molecule has 0 aliphatic carbocycles. The van der Waals surface area contributed by atoms with Crippen LogP contribution in [0.1, 0.15) is 5.69 Å². The van der Waals surface area contributed by atoms with Gasteiger partial charge in [0, 0.05) is 24.6 Å². The van der Waals surface area contributed by atoms with Gasteiger partial charge in [0.25, 0.3) is 0 Å². The van der Waals surface area contributed by atoms with Gasteiger partial charge in [0.05, 0.1) is 16.1 Å². The Morgan fingerprint density at radius 2 is 2.19 bits per heavy atom. The zero-order valence-corrected chi connectivity index (χ0v) is 12.8. The third-order valence-electron chi connectivity index (χ3n) is 2.76. The Morgan fingerprint density at radius 1 is 1.43 bits per heavy atom. The first-order chi connectivity index (χ1) is 9.89. The smallest absolute Gasteiger partial charge is 0.310 e. The molecule has 1 heterocycles. The summed E-state index contributed by atoms with van der Waals surface area (Å²) in [7, 11) is -3.66. The zero-order valence-electron chi connectivity index (χ0n) is 11.1. The van der Waals surface area contributed by atoms with E-state index in [1.165, 1.54) is 29.5 Å². The second kappa shape index (κ2) is 6.19. The van der Waals surface area contributed by atoms with Crippen LogP contribution in [0.4, 0.5) is 11.4 Å². The first kappa shape index (κ1) is 15.4.